The highest BCUT2D eigenvalue weighted by Crippen LogP contribution is 2.29. The van der Waals surface area contributed by atoms with Crippen LogP contribution < -0.4 is 5.56 Å². The van der Waals surface area contributed by atoms with E-state index in [1.54, 1.807) is 0 Å². The fourth-order valence-electron chi connectivity index (χ4n) is 1.65. The van der Waals surface area contributed by atoms with Crippen molar-refractivity contribution in [2.24, 2.45) is 0 Å². The number of halogens is 4. The van der Waals surface area contributed by atoms with Crippen molar-refractivity contribution >= 4 is 11.6 Å². The molecule has 1 N–H and O–H groups in total. The highest BCUT2D eigenvalue weighted by molar-refractivity contribution is 6.31. The molecule has 20 heavy (non-hydrogen) atoms. The standard InChI is InChI=1S/C13H9ClF3NO2/c14-10-7-18(12(20)5-11(10)19)6-8-1-3-9(4-2-8)13(15,16)17/h1-5,7,19H,6H2. The lowest BCUT2D eigenvalue weighted by atomic mass is 10.1. The largest absolute Gasteiger partial charge is 0.506 e. The summed E-state index contributed by atoms with van der Waals surface area (Å²) in [7, 11) is 0. The summed E-state index contributed by atoms with van der Waals surface area (Å²) in [5.74, 6) is -0.333. The third kappa shape index (κ3) is 3.14. The van der Waals surface area contributed by atoms with Crippen molar-refractivity contribution in [3.63, 3.8) is 0 Å². The van der Waals surface area contributed by atoms with Gasteiger partial charge in [0.05, 0.1) is 17.1 Å². The minimum Gasteiger partial charge on any atom is -0.506 e. The molecule has 0 unspecified atom stereocenters. The van der Waals surface area contributed by atoms with Gasteiger partial charge in [0.15, 0.2) is 0 Å². The zero-order chi connectivity index (χ0) is 14.9. The maximum Gasteiger partial charge on any atom is 0.416 e. The minimum absolute atomic E-state index is 0.00323. The van der Waals surface area contributed by atoms with Crippen molar-refractivity contribution < 1.29 is 18.3 Å². The molecule has 0 aliphatic heterocycles. The summed E-state index contributed by atoms with van der Waals surface area (Å²) in [6, 6.07) is 5.42. The van der Waals surface area contributed by atoms with Crippen LogP contribution in [0.3, 0.4) is 0 Å². The Morgan fingerprint density at radius 3 is 2.35 bits per heavy atom. The van der Waals surface area contributed by atoms with Crippen molar-refractivity contribution in [1.82, 2.24) is 4.57 Å². The van der Waals surface area contributed by atoms with Crippen LogP contribution in [0, 0.1) is 0 Å². The Morgan fingerprint density at radius 2 is 1.80 bits per heavy atom. The monoisotopic (exact) mass is 303 g/mol. The van der Waals surface area contributed by atoms with E-state index in [1.165, 1.54) is 22.9 Å². The van der Waals surface area contributed by atoms with Gasteiger partial charge in [-0.3, -0.25) is 4.79 Å². The van der Waals surface area contributed by atoms with Crippen LogP contribution in [0.15, 0.2) is 41.3 Å². The van der Waals surface area contributed by atoms with Gasteiger partial charge in [-0.05, 0) is 17.7 Å². The fourth-order valence-corrected chi connectivity index (χ4v) is 1.83. The summed E-state index contributed by atoms with van der Waals surface area (Å²) >= 11 is 5.68. The van der Waals surface area contributed by atoms with Crippen LogP contribution in [0.1, 0.15) is 11.1 Å². The first-order valence-corrected chi connectivity index (χ1v) is 5.90. The van der Waals surface area contributed by atoms with Crippen molar-refractivity contribution in [1.29, 1.82) is 0 Å². The van der Waals surface area contributed by atoms with Crippen molar-refractivity contribution in [2.45, 2.75) is 12.7 Å². The highest BCUT2D eigenvalue weighted by atomic mass is 35.5. The van der Waals surface area contributed by atoms with Crippen LogP contribution in [0.4, 0.5) is 13.2 Å². The van der Waals surface area contributed by atoms with E-state index in [0.29, 0.717) is 5.56 Å². The number of pyridine rings is 1. The molecular weight excluding hydrogens is 295 g/mol. The molecule has 7 heteroatoms. The Kier molecular flexibility index (Phi) is 3.76. The van der Waals surface area contributed by atoms with Crippen LogP contribution in [0.5, 0.6) is 5.75 Å². The molecule has 0 aliphatic rings. The summed E-state index contributed by atoms with van der Waals surface area (Å²) in [5, 5.41) is 9.24. The predicted molar refractivity (Wildman–Crippen MR) is 67.9 cm³/mol. The van der Waals surface area contributed by atoms with Gasteiger partial charge in [0.1, 0.15) is 5.75 Å². The third-order valence-corrected chi connectivity index (χ3v) is 2.98. The maximum atomic E-state index is 12.4. The second-order valence-corrected chi connectivity index (χ2v) is 4.57. The molecule has 0 spiro atoms. The second-order valence-electron chi connectivity index (χ2n) is 4.17. The van der Waals surface area contributed by atoms with Gasteiger partial charge in [-0.15, -0.1) is 0 Å². The predicted octanol–water partition coefficient (Wildman–Crippen LogP) is 3.27. The normalized spacial score (nSPS) is 11.6. The first kappa shape index (κ1) is 14.5. The van der Waals surface area contributed by atoms with E-state index in [1.807, 2.05) is 0 Å². The van der Waals surface area contributed by atoms with E-state index < -0.39 is 17.3 Å². The third-order valence-electron chi connectivity index (χ3n) is 2.69. The molecule has 3 nitrogen and oxygen atoms in total. The van der Waals surface area contributed by atoms with Gasteiger partial charge in [-0.2, -0.15) is 13.2 Å². The van der Waals surface area contributed by atoms with Gasteiger partial charge in [-0.25, -0.2) is 0 Å². The number of aromatic nitrogens is 1. The highest BCUT2D eigenvalue weighted by Gasteiger charge is 2.29. The van der Waals surface area contributed by atoms with Gasteiger partial charge >= 0.3 is 6.18 Å². The first-order valence-electron chi connectivity index (χ1n) is 5.52. The Hall–Kier alpha value is -1.95. The van der Waals surface area contributed by atoms with Crippen LogP contribution in [-0.4, -0.2) is 9.67 Å². The SMILES string of the molecule is O=c1cc(O)c(Cl)cn1Cc1ccc(C(F)(F)F)cc1. The fraction of sp³-hybridized carbons (Fsp3) is 0.154. The van der Waals surface area contributed by atoms with Crippen LogP contribution >= 0.6 is 11.6 Å². The van der Waals surface area contributed by atoms with Crippen molar-refractivity contribution in [2.75, 3.05) is 0 Å². The van der Waals surface area contributed by atoms with Crippen molar-refractivity contribution in [3.05, 3.63) is 63.0 Å². The summed E-state index contributed by atoms with van der Waals surface area (Å²) in [5.41, 5.74) is -0.731. The molecule has 1 aromatic heterocycles. The molecule has 1 heterocycles. The zero-order valence-electron chi connectivity index (χ0n) is 9.99. The molecule has 0 atom stereocenters. The summed E-state index contributed by atoms with van der Waals surface area (Å²) in [6.45, 7) is 0.0664. The van der Waals surface area contributed by atoms with E-state index in [9.17, 15) is 23.1 Å². The molecule has 0 amide bonds. The van der Waals surface area contributed by atoms with E-state index >= 15 is 0 Å². The van der Waals surface area contributed by atoms with Gasteiger partial charge in [-0.1, -0.05) is 23.7 Å². The Balaban J connectivity index is 2.27. The number of benzene rings is 1. The topological polar surface area (TPSA) is 42.2 Å². The summed E-state index contributed by atoms with van der Waals surface area (Å²) in [4.78, 5) is 11.6. The lowest BCUT2D eigenvalue weighted by molar-refractivity contribution is -0.137. The van der Waals surface area contributed by atoms with E-state index in [0.717, 1.165) is 18.2 Å². The summed E-state index contributed by atoms with van der Waals surface area (Å²) in [6.07, 6.45) is -3.16. The number of hydrogen-bond acceptors (Lipinski definition) is 2. The van der Waals surface area contributed by atoms with Gasteiger partial charge in [0.25, 0.3) is 5.56 Å². The maximum absolute atomic E-state index is 12.4. The first-order chi connectivity index (χ1) is 9.27. The lowest BCUT2D eigenvalue weighted by Gasteiger charge is -2.09. The average molecular weight is 304 g/mol. The number of rotatable bonds is 2. The van der Waals surface area contributed by atoms with Crippen LogP contribution in [0.25, 0.3) is 0 Å². The molecule has 0 fully saturated rings. The Labute approximate surface area is 116 Å². The molecule has 0 radical (unpaired) electrons. The molecular formula is C13H9ClF3NO2. The molecule has 106 valence electrons. The van der Waals surface area contributed by atoms with E-state index in [2.05, 4.69) is 0 Å². The van der Waals surface area contributed by atoms with Crippen molar-refractivity contribution in [3.8, 4) is 5.75 Å². The van der Waals surface area contributed by atoms with Gasteiger partial charge in [0.2, 0.25) is 0 Å². The number of aromatic hydroxyl groups is 1. The number of hydrogen-bond donors (Lipinski definition) is 1. The van der Waals surface area contributed by atoms with Gasteiger partial charge in [0, 0.05) is 12.3 Å². The quantitative estimate of drug-likeness (QED) is 0.925. The molecule has 0 saturated carbocycles. The summed E-state index contributed by atoms with van der Waals surface area (Å²) < 4.78 is 38.4. The number of nitrogens with zero attached hydrogens (tertiary/aromatic N) is 1. The van der Waals surface area contributed by atoms with E-state index in [4.69, 9.17) is 11.6 Å². The van der Waals surface area contributed by atoms with Crippen LogP contribution in [-0.2, 0) is 12.7 Å². The lowest BCUT2D eigenvalue weighted by Crippen LogP contribution is -2.19. The second kappa shape index (κ2) is 5.20. The molecule has 2 rings (SSSR count). The molecule has 0 aliphatic carbocycles. The average Bonchev–Trinajstić information content (AvgIpc) is 2.35. The minimum atomic E-state index is -4.39. The van der Waals surface area contributed by atoms with Crippen LogP contribution in [0.2, 0.25) is 5.02 Å². The molecule has 1 aromatic carbocycles. The molecule has 0 saturated heterocycles. The smallest absolute Gasteiger partial charge is 0.416 e. The van der Waals surface area contributed by atoms with Gasteiger partial charge < -0.3 is 9.67 Å². The zero-order valence-corrected chi connectivity index (χ0v) is 10.7. The molecule has 2 aromatic rings. The Morgan fingerprint density at radius 1 is 1.20 bits per heavy atom. The van der Waals surface area contributed by atoms with E-state index in [-0.39, 0.29) is 17.3 Å². The number of alkyl halides is 3. The molecule has 0 bridgehead atoms. The Bertz CT molecular complexity index is 677.